The van der Waals surface area contributed by atoms with Crippen molar-refractivity contribution in [1.29, 1.82) is 0 Å². The van der Waals surface area contributed by atoms with Crippen molar-refractivity contribution in [2.75, 3.05) is 12.4 Å². The van der Waals surface area contributed by atoms with Crippen LogP contribution in [0.25, 0.3) is 0 Å². The van der Waals surface area contributed by atoms with Crippen LogP contribution in [0.4, 0.5) is 10.1 Å². The average molecular weight is 338 g/mol. The van der Waals surface area contributed by atoms with E-state index in [4.69, 9.17) is 4.74 Å². The molecule has 0 saturated carbocycles. The van der Waals surface area contributed by atoms with Crippen LogP contribution >= 0.6 is 15.9 Å². The molecule has 2 nitrogen and oxygen atoms in total. The van der Waals surface area contributed by atoms with Crippen molar-refractivity contribution in [3.63, 3.8) is 0 Å². The van der Waals surface area contributed by atoms with Crippen LogP contribution in [-0.4, -0.2) is 13.2 Å². The molecule has 0 aliphatic carbocycles. The Morgan fingerprint density at radius 3 is 2.55 bits per heavy atom. The first-order chi connectivity index (χ1) is 9.56. The molecule has 2 aromatic rings. The quantitative estimate of drug-likeness (QED) is 0.858. The first-order valence-corrected chi connectivity index (χ1v) is 7.21. The van der Waals surface area contributed by atoms with E-state index in [0.29, 0.717) is 0 Å². The van der Waals surface area contributed by atoms with E-state index in [2.05, 4.69) is 28.2 Å². The van der Waals surface area contributed by atoms with Gasteiger partial charge < -0.3 is 10.1 Å². The highest BCUT2D eigenvalue weighted by Crippen LogP contribution is 2.25. The molecule has 0 aliphatic heterocycles. The Morgan fingerprint density at radius 1 is 1.20 bits per heavy atom. The summed E-state index contributed by atoms with van der Waals surface area (Å²) in [4.78, 5) is 0. The number of nitrogens with one attached hydrogen (secondary N) is 1. The van der Waals surface area contributed by atoms with E-state index >= 15 is 0 Å². The third kappa shape index (κ3) is 4.23. The van der Waals surface area contributed by atoms with E-state index in [9.17, 15) is 4.39 Å². The van der Waals surface area contributed by atoms with Gasteiger partial charge in [-0.3, -0.25) is 0 Å². The molecular weight excluding hydrogens is 321 g/mol. The summed E-state index contributed by atoms with van der Waals surface area (Å²) in [5.74, 6) is 0.599. The zero-order valence-electron chi connectivity index (χ0n) is 11.5. The third-order valence-electron chi connectivity index (χ3n) is 2.98. The Balaban J connectivity index is 2.02. The molecule has 4 heteroatoms. The summed E-state index contributed by atoms with van der Waals surface area (Å²) >= 11 is 3.46. The summed E-state index contributed by atoms with van der Waals surface area (Å²) in [6.45, 7) is 2.09. The minimum atomic E-state index is -0.203. The summed E-state index contributed by atoms with van der Waals surface area (Å²) in [5.41, 5.74) is 2.10. The van der Waals surface area contributed by atoms with Gasteiger partial charge in [-0.15, -0.1) is 0 Å². The number of methoxy groups -OCH3 is 1. The van der Waals surface area contributed by atoms with Crippen molar-refractivity contribution in [3.8, 4) is 5.75 Å². The van der Waals surface area contributed by atoms with Gasteiger partial charge in [0.2, 0.25) is 0 Å². The number of rotatable bonds is 5. The number of ether oxygens (including phenoxy) is 1. The molecule has 20 heavy (non-hydrogen) atoms. The lowest BCUT2D eigenvalue weighted by atomic mass is 10.1. The molecular formula is C16H17BrFNO. The van der Waals surface area contributed by atoms with Crippen LogP contribution in [0.5, 0.6) is 5.75 Å². The van der Waals surface area contributed by atoms with Gasteiger partial charge in [0.25, 0.3) is 0 Å². The van der Waals surface area contributed by atoms with Crippen molar-refractivity contribution in [2.24, 2.45) is 0 Å². The maximum atomic E-state index is 12.9. The predicted molar refractivity (Wildman–Crippen MR) is 83.9 cm³/mol. The Hall–Kier alpha value is -1.55. The molecule has 106 valence electrons. The van der Waals surface area contributed by atoms with Gasteiger partial charge in [0, 0.05) is 22.3 Å². The number of anilines is 1. The van der Waals surface area contributed by atoms with Crippen LogP contribution in [0.2, 0.25) is 0 Å². The van der Waals surface area contributed by atoms with Crippen molar-refractivity contribution in [1.82, 2.24) is 0 Å². The van der Waals surface area contributed by atoms with E-state index in [1.807, 2.05) is 30.3 Å². The second kappa shape index (κ2) is 6.75. The largest absolute Gasteiger partial charge is 0.497 e. The van der Waals surface area contributed by atoms with Gasteiger partial charge in [0.05, 0.1) is 7.11 Å². The first-order valence-electron chi connectivity index (χ1n) is 6.42. The second-order valence-corrected chi connectivity index (χ2v) is 5.67. The number of halogens is 2. The van der Waals surface area contributed by atoms with E-state index in [-0.39, 0.29) is 11.9 Å². The summed E-state index contributed by atoms with van der Waals surface area (Å²) in [7, 11) is 1.65. The first kappa shape index (κ1) is 14.9. The van der Waals surface area contributed by atoms with Gasteiger partial charge >= 0.3 is 0 Å². The van der Waals surface area contributed by atoms with E-state index < -0.39 is 0 Å². The lowest BCUT2D eigenvalue weighted by Gasteiger charge is -2.16. The second-order valence-electron chi connectivity index (χ2n) is 4.76. The van der Waals surface area contributed by atoms with Crippen LogP contribution in [0, 0.1) is 5.82 Å². The van der Waals surface area contributed by atoms with Gasteiger partial charge in [-0.05, 0) is 43.2 Å². The van der Waals surface area contributed by atoms with Crippen molar-refractivity contribution in [3.05, 3.63) is 58.3 Å². The third-order valence-corrected chi connectivity index (χ3v) is 3.43. The minimum absolute atomic E-state index is 0.203. The van der Waals surface area contributed by atoms with Crippen molar-refractivity contribution >= 4 is 21.6 Å². The van der Waals surface area contributed by atoms with E-state index in [1.165, 1.54) is 12.1 Å². The van der Waals surface area contributed by atoms with Gasteiger partial charge in [-0.1, -0.05) is 28.1 Å². The SMILES string of the molecule is COc1cc(Br)cc(NC(C)Cc2ccc(F)cc2)c1. The number of benzene rings is 2. The highest BCUT2D eigenvalue weighted by atomic mass is 79.9. The highest BCUT2D eigenvalue weighted by molar-refractivity contribution is 9.10. The van der Waals surface area contributed by atoms with Crippen molar-refractivity contribution in [2.45, 2.75) is 19.4 Å². The zero-order chi connectivity index (χ0) is 14.5. The maximum Gasteiger partial charge on any atom is 0.123 e. The fourth-order valence-corrected chi connectivity index (χ4v) is 2.55. The molecule has 0 spiro atoms. The molecule has 1 atom stereocenters. The summed E-state index contributed by atoms with van der Waals surface area (Å²) in [6.07, 6.45) is 0.828. The molecule has 0 bridgehead atoms. The van der Waals surface area contributed by atoms with Gasteiger partial charge in [-0.2, -0.15) is 0 Å². The van der Waals surface area contributed by atoms with Gasteiger partial charge in [0.15, 0.2) is 0 Å². The van der Waals surface area contributed by atoms with Crippen molar-refractivity contribution < 1.29 is 9.13 Å². The predicted octanol–water partition coefficient (Wildman–Crippen LogP) is 4.64. The zero-order valence-corrected chi connectivity index (χ0v) is 13.1. The number of hydrogen-bond donors (Lipinski definition) is 1. The van der Waals surface area contributed by atoms with Gasteiger partial charge in [-0.25, -0.2) is 4.39 Å². The Bertz CT molecular complexity index is 571. The molecule has 0 heterocycles. The fourth-order valence-electron chi connectivity index (χ4n) is 2.07. The number of hydrogen-bond acceptors (Lipinski definition) is 2. The minimum Gasteiger partial charge on any atom is -0.497 e. The molecule has 0 aliphatic rings. The van der Waals surface area contributed by atoms with Crippen LogP contribution in [0.3, 0.4) is 0 Å². The average Bonchev–Trinajstić information content (AvgIpc) is 2.40. The molecule has 1 N–H and O–H groups in total. The van der Waals surface area contributed by atoms with Crippen LogP contribution in [-0.2, 0) is 6.42 Å². The molecule has 0 radical (unpaired) electrons. The van der Waals surface area contributed by atoms with E-state index in [1.54, 1.807) is 7.11 Å². The molecule has 0 aromatic heterocycles. The Morgan fingerprint density at radius 2 is 1.90 bits per heavy atom. The fraction of sp³-hybridized carbons (Fsp3) is 0.250. The van der Waals surface area contributed by atoms with Crippen LogP contribution in [0.15, 0.2) is 46.9 Å². The lowest BCUT2D eigenvalue weighted by molar-refractivity contribution is 0.414. The lowest BCUT2D eigenvalue weighted by Crippen LogP contribution is -2.18. The standard InChI is InChI=1S/C16H17BrFNO/c1-11(7-12-3-5-14(18)6-4-12)19-15-8-13(17)9-16(10-15)20-2/h3-6,8-11,19H,7H2,1-2H3. The molecule has 2 rings (SSSR count). The smallest absolute Gasteiger partial charge is 0.123 e. The molecule has 0 fully saturated rings. The molecule has 2 aromatic carbocycles. The Labute approximate surface area is 127 Å². The molecule has 0 amide bonds. The van der Waals surface area contributed by atoms with Crippen LogP contribution < -0.4 is 10.1 Å². The molecule has 1 unspecified atom stereocenters. The van der Waals surface area contributed by atoms with Gasteiger partial charge in [0.1, 0.15) is 11.6 Å². The summed E-state index contributed by atoms with van der Waals surface area (Å²) in [5, 5.41) is 3.42. The highest BCUT2D eigenvalue weighted by Gasteiger charge is 2.06. The monoisotopic (exact) mass is 337 g/mol. The summed E-state index contributed by atoms with van der Waals surface area (Å²) in [6, 6.07) is 12.7. The topological polar surface area (TPSA) is 21.3 Å². The van der Waals surface area contributed by atoms with E-state index in [0.717, 1.165) is 27.9 Å². The molecule has 0 saturated heterocycles. The maximum absolute atomic E-state index is 12.9. The summed E-state index contributed by atoms with van der Waals surface area (Å²) < 4.78 is 19.1. The van der Waals surface area contributed by atoms with Crippen LogP contribution in [0.1, 0.15) is 12.5 Å². The Kier molecular flexibility index (Phi) is 5.01. The normalized spacial score (nSPS) is 12.0.